The fourth-order valence-corrected chi connectivity index (χ4v) is 5.00. The van der Waals surface area contributed by atoms with Gasteiger partial charge in [0.15, 0.2) is 0 Å². The quantitative estimate of drug-likeness (QED) is 0.851. The average Bonchev–Trinajstić information content (AvgIpc) is 3.25. The highest BCUT2D eigenvalue weighted by Gasteiger charge is 2.40. The van der Waals surface area contributed by atoms with Gasteiger partial charge in [0.25, 0.3) is 0 Å². The molecule has 1 aliphatic heterocycles. The summed E-state index contributed by atoms with van der Waals surface area (Å²) in [5.74, 6) is 3.72. The maximum Gasteiger partial charge on any atom is 0.222 e. The van der Waals surface area contributed by atoms with Crippen molar-refractivity contribution in [2.24, 2.45) is 17.8 Å². The third-order valence-electron chi connectivity index (χ3n) is 6.37. The zero-order chi connectivity index (χ0) is 16.5. The van der Waals surface area contributed by atoms with Gasteiger partial charge >= 0.3 is 0 Å². The number of carbonyl (C=O) groups is 1. The summed E-state index contributed by atoms with van der Waals surface area (Å²) in [6.07, 6.45) is 6.27. The van der Waals surface area contributed by atoms with Gasteiger partial charge in [-0.2, -0.15) is 0 Å². The molecule has 1 saturated heterocycles. The molecular weight excluding hydrogens is 300 g/mol. The van der Waals surface area contributed by atoms with E-state index in [4.69, 9.17) is 4.74 Å². The van der Waals surface area contributed by atoms with Crippen molar-refractivity contribution in [1.29, 1.82) is 0 Å². The molecule has 0 radical (unpaired) electrons. The van der Waals surface area contributed by atoms with Gasteiger partial charge < -0.3 is 14.5 Å². The summed E-state index contributed by atoms with van der Waals surface area (Å²) < 4.78 is 5.31. The zero-order valence-electron chi connectivity index (χ0n) is 14.6. The lowest BCUT2D eigenvalue weighted by atomic mass is 9.86. The lowest BCUT2D eigenvalue weighted by Gasteiger charge is -2.37. The maximum absolute atomic E-state index is 12.7. The fourth-order valence-electron chi connectivity index (χ4n) is 5.00. The highest BCUT2D eigenvalue weighted by Crippen LogP contribution is 2.49. The number of piperazine rings is 1. The van der Waals surface area contributed by atoms with Crippen LogP contribution in [-0.4, -0.2) is 44.1 Å². The fraction of sp³-hybridized carbons (Fsp3) is 0.650. The van der Waals surface area contributed by atoms with Crippen LogP contribution in [0.1, 0.15) is 32.1 Å². The molecule has 3 fully saturated rings. The molecule has 2 aliphatic carbocycles. The number of hydrogen-bond donors (Lipinski definition) is 0. The Morgan fingerprint density at radius 3 is 2.67 bits per heavy atom. The molecule has 2 bridgehead atoms. The number of methoxy groups -OCH3 is 1. The minimum atomic E-state index is 0.387. The normalized spacial score (nSPS) is 29.1. The third kappa shape index (κ3) is 3.11. The molecule has 4 heteroatoms. The van der Waals surface area contributed by atoms with E-state index in [2.05, 4.69) is 21.9 Å². The summed E-state index contributed by atoms with van der Waals surface area (Å²) in [4.78, 5) is 17.1. The number of ether oxygens (including phenoxy) is 1. The van der Waals surface area contributed by atoms with Crippen LogP contribution in [0.3, 0.4) is 0 Å². The molecule has 1 aromatic rings. The van der Waals surface area contributed by atoms with E-state index in [1.54, 1.807) is 7.11 Å². The van der Waals surface area contributed by atoms with E-state index in [-0.39, 0.29) is 0 Å². The van der Waals surface area contributed by atoms with Crippen LogP contribution in [0.15, 0.2) is 24.3 Å². The number of rotatable bonds is 4. The predicted molar refractivity (Wildman–Crippen MR) is 95.3 cm³/mol. The highest BCUT2D eigenvalue weighted by atomic mass is 16.5. The monoisotopic (exact) mass is 328 g/mol. The summed E-state index contributed by atoms with van der Waals surface area (Å²) in [6.45, 7) is 3.51. The molecule has 4 rings (SSSR count). The van der Waals surface area contributed by atoms with Crippen LogP contribution in [0, 0.1) is 17.8 Å². The van der Waals surface area contributed by atoms with E-state index in [9.17, 15) is 4.79 Å². The highest BCUT2D eigenvalue weighted by molar-refractivity contribution is 5.77. The van der Waals surface area contributed by atoms with E-state index >= 15 is 0 Å². The molecule has 1 amide bonds. The lowest BCUT2D eigenvalue weighted by molar-refractivity contribution is -0.132. The van der Waals surface area contributed by atoms with Gasteiger partial charge in [0.2, 0.25) is 5.91 Å². The standard InChI is InChI=1S/C20H28N2O2/c1-24-19-4-2-3-18(14-19)21-7-9-22(10-8-21)20(23)13-17-12-15-5-6-16(17)11-15/h2-4,14-17H,5-13H2,1H3/t15-,16-,17-/m1/s1. The molecule has 0 N–H and O–H groups in total. The molecule has 1 aromatic carbocycles. The summed E-state index contributed by atoms with van der Waals surface area (Å²) in [6, 6.07) is 8.20. The van der Waals surface area contributed by atoms with Gasteiger partial charge in [0.1, 0.15) is 5.75 Å². The molecular formula is C20H28N2O2. The Kier molecular flexibility index (Phi) is 4.38. The third-order valence-corrected chi connectivity index (χ3v) is 6.37. The van der Waals surface area contributed by atoms with E-state index < -0.39 is 0 Å². The van der Waals surface area contributed by atoms with E-state index in [1.165, 1.54) is 31.4 Å². The topological polar surface area (TPSA) is 32.8 Å². The van der Waals surface area contributed by atoms with Crippen molar-refractivity contribution in [1.82, 2.24) is 4.90 Å². The second-order valence-corrected chi connectivity index (χ2v) is 7.71. The predicted octanol–water partition coefficient (Wildman–Crippen LogP) is 3.17. The Balaban J connectivity index is 1.30. The van der Waals surface area contributed by atoms with Crippen molar-refractivity contribution in [3.63, 3.8) is 0 Å². The van der Waals surface area contributed by atoms with Crippen LogP contribution < -0.4 is 9.64 Å². The Bertz CT molecular complexity index is 595. The first-order valence-corrected chi connectivity index (χ1v) is 9.39. The summed E-state index contributed by atoms with van der Waals surface area (Å²) in [5.41, 5.74) is 1.19. The van der Waals surface area contributed by atoms with Crippen LogP contribution in [0.4, 0.5) is 5.69 Å². The average molecular weight is 328 g/mol. The second kappa shape index (κ2) is 6.66. The molecule has 3 aliphatic rings. The minimum Gasteiger partial charge on any atom is -0.497 e. The number of fused-ring (bicyclic) bond motifs is 2. The molecule has 0 spiro atoms. The maximum atomic E-state index is 12.7. The Labute approximate surface area is 144 Å². The minimum absolute atomic E-state index is 0.387. The van der Waals surface area contributed by atoms with Crippen molar-refractivity contribution < 1.29 is 9.53 Å². The molecule has 2 saturated carbocycles. The van der Waals surface area contributed by atoms with Gasteiger partial charge in [-0.3, -0.25) is 4.79 Å². The van der Waals surface area contributed by atoms with Crippen LogP contribution in [0.5, 0.6) is 5.75 Å². The van der Waals surface area contributed by atoms with Crippen molar-refractivity contribution in [2.45, 2.75) is 32.1 Å². The Morgan fingerprint density at radius 2 is 2.00 bits per heavy atom. The molecule has 4 nitrogen and oxygen atoms in total. The molecule has 0 unspecified atom stereocenters. The van der Waals surface area contributed by atoms with E-state index in [0.29, 0.717) is 11.8 Å². The SMILES string of the molecule is COc1cccc(N2CCN(C(=O)C[C@H]3C[C@@H]4CC[C@@H]3C4)CC2)c1. The zero-order valence-corrected chi connectivity index (χ0v) is 14.6. The number of benzene rings is 1. The summed E-state index contributed by atoms with van der Waals surface area (Å²) in [5, 5.41) is 0. The van der Waals surface area contributed by atoms with E-state index in [1.807, 2.05) is 12.1 Å². The second-order valence-electron chi connectivity index (χ2n) is 7.71. The largest absolute Gasteiger partial charge is 0.497 e. The first kappa shape index (κ1) is 15.8. The first-order valence-electron chi connectivity index (χ1n) is 9.39. The number of nitrogens with zero attached hydrogens (tertiary/aromatic N) is 2. The number of amides is 1. The van der Waals surface area contributed by atoms with Crippen molar-refractivity contribution >= 4 is 11.6 Å². The molecule has 1 heterocycles. The molecule has 130 valence electrons. The number of anilines is 1. The van der Waals surface area contributed by atoms with Gasteiger partial charge in [0, 0.05) is 44.4 Å². The number of hydrogen-bond acceptors (Lipinski definition) is 3. The van der Waals surface area contributed by atoms with Gasteiger partial charge in [-0.1, -0.05) is 12.5 Å². The molecule has 24 heavy (non-hydrogen) atoms. The van der Waals surface area contributed by atoms with Gasteiger partial charge in [0.05, 0.1) is 7.11 Å². The summed E-state index contributed by atoms with van der Waals surface area (Å²) in [7, 11) is 1.70. The molecule has 0 aromatic heterocycles. The first-order chi connectivity index (χ1) is 11.7. The van der Waals surface area contributed by atoms with Gasteiger partial charge in [-0.15, -0.1) is 0 Å². The van der Waals surface area contributed by atoms with Gasteiger partial charge in [-0.05, 0) is 49.1 Å². The van der Waals surface area contributed by atoms with Crippen LogP contribution in [-0.2, 0) is 4.79 Å². The number of carbonyl (C=O) groups excluding carboxylic acids is 1. The van der Waals surface area contributed by atoms with Crippen LogP contribution in [0.2, 0.25) is 0 Å². The van der Waals surface area contributed by atoms with Gasteiger partial charge in [-0.25, -0.2) is 0 Å². The van der Waals surface area contributed by atoms with Crippen LogP contribution in [0.25, 0.3) is 0 Å². The Hall–Kier alpha value is -1.71. The Morgan fingerprint density at radius 1 is 1.17 bits per heavy atom. The lowest BCUT2D eigenvalue weighted by Crippen LogP contribution is -2.49. The van der Waals surface area contributed by atoms with Crippen molar-refractivity contribution in [3.05, 3.63) is 24.3 Å². The smallest absolute Gasteiger partial charge is 0.222 e. The van der Waals surface area contributed by atoms with E-state index in [0.717, 1.165) is 50.2 Å². The molecule has 3 atom stereocenters. The van der Waals surface area contributed by atoms with Crippen LogP contribution >= 0.6 is 0 Å². The van der Waals surface area contributed by atoms with Crippen molar-refractivity contribution in [3.8, 4) is 5.75 Å². The van der Waals surface area contributed by atoms with Crippen molar-refractivity contribution in [2.75, 3.05) is 38.2 Å². The summed E-state index contributed by atoms with van der Waals surface area (Å²) >= 11 is 0.